The summed E-state index contributed by atoms with van der Waals surface area (Å²) in [5, 5.41) is 15.4. The number of rotatable bonds is 7. The molecule has 0 saturated carbocycles. The van der Waals surface area contributed by atoms with E-state index in [0.29, 0.717) is 0 Å². The predicted molar refractivity (Wildman–Crippen MR) is 97.7 cm³/mol. The summed E-state index contributed by atoms with van der Waals surface area (Å²) in [6.45, 7) is 2.73. The van der Waals surface area contributed by atoms with Gasteiger partial charge in [0, 0.05) is 45.9 Å². The van der Waals surface area contributed by atoms with Crippen LogP contribution < -0.4 is 10.6 Å². The molecule has 0 fully saturated rings. The van der Waals surface area contributed by atoms with Crippen molar-refractivity contribution < 1.29 is 4.42 Å². The first-order chi connectivity index (χ1) is 12.4. The monoisotopic (exact) mass is 344 g/mol. The highest BCUT2D eigenvalue weighted by Crippen LogP contribution is 2.15. The maximum atomic E-state index is 5.33. The Morgan fingerprint density at radius 2 is 2.12 bits per heavy atom. The molecular formula is C18H28N6O. The minimum Gasteiger partial charge on any atom is -0.469 e. The lowest BCUT2D eigenvalue weighted by Gasteiger charge is -2.11. The predicted octanol–water partition coefficient (Wildman–Crippen LogP) is 1.94. The second kappa shape index (κ2) is 9.25. The van der Waals surface area contributed by atoms with Crippen molar-refractivity contribution in [3.05, 3.63) is 35.8 Å². The van der Waals surface area contributed by atoms with Gasteiger partial charge in [0.15, 0.2) is 5.96 Å². The Morgan fingerprint density at radius 1 is 1.20 bits per heavy atom. The summed E-state index contributed by atoms with van der Waals surface area (Å²) in [7, 11) is 1.79. The van der Waals surface area contributed by atoms with Crippen LogP contribution in [0, 0.1) is 0 Å². The van der Waals surface area contributed by atoms with Crippen LogP contribution in [0.15, 0.2) is 27.8 Å². The zero-order chi connectivity index (χ0) is 17.3. The molecule has 0 atom stereocenters. The molecule has 136 valence electrons. The van der Waals surface area contributed by atoms with E-state index >= 15 is 0 Å². The van der Waals surface area contributed by atoms with Crippen LogP contribution in [0.3, 0.4) is 0 Å². The van der Waals surface area contributed by atoms with Gasteiger partial charge in [-0.05, 0) is 31.4 Å². The third-order valence-electron chi connectivity index (χ3n) is 4.52. The number of nitrogens with zero attached hydrogens (tertiary/aromatic N) is 4. The van der Waals surface area contributed by atoms with Gasteiger partial charge in [0.05, 0.1) is 6.26 Å². The molecule has 0 bridgehead atoms. The van der Waals surface area contributed by atoms with Gasteiger partial charge in [-0.1, -0.05) is 6.42 Å². The Balaban J connectivity index is 1.36. The molecule has 1 aliphatic heterocycles. The molecule has 7 heteroatoms. The number of aliphatic imine (C=N–C) groups is 1. The first-order valence-corrected chi connectivity index (χ1v) is 9.24. The van der Waals surface area contributed by atoms with Crippen LogP contribution in [0.25, 0.3) is 0 Å². The minimum atomic E-state index is 0.797. The standard InChI is InChI=1S/C18H28N6O/c1-19-18(21-12-10-15-7-6-14-25-15)20-11-5-9-17-23-22-16-8-3-2-4-13-24(16)17/h6-7,14H,2-5,8-13H2,1H3,(H2,19,20,21). The summed E-state index contributed by atoms with van der Waals surface area (Å²) in [5.41, 5.74) is 0. The molecule has 0 saturated heterocycles. The van der Waals surface area contributed by atoms with E-state index in [-0.39, 0.29) is 0 Å². The van der Waals surface area contributed by atoms with E-state index in [1.807, 2.05) is 12.1 Å². The molecule has 0 aliphatic carbocycles. The molecule has 2 aromatic heterocycles. The fraction of sp³-hybridized carbons (Fsp3) is 0.611. The molecule has 2 aromatic rings. The van der Waals surface area contributed by atoms with Gasteiger partial charge in [-0.15, -0.1) is 10.2 Å². The van der Waals surface area contributed by atoms with Crippen molar-refractivity contribution in [2.24, 2.45) is 4.99 Å². The lowest BCUT2D eigenvalue weighted by molar-refractivity contribution is 0.506. The van der Waals surface area contributed by atoms with Gasteiger partial charge in [0.1, 0.15) is 17.4 Å². The fourth-order valence-corrected chi connectivity index (χ4v) is 3.16. The van der Waals surface area contributed by atoms with Crippen molar-refractivity contribution in [3.8, 4) is 0 Å². The highest BCUT2D eigenvalue weighted by Gasteiger charge is 2.14. The van der Waals surface area contributed by atoms with Gasteiger partial charge in [0.2, 0.25) is 0 Å². The Bertz CT molecular complexity index is 661. The lowest BCUT2D eigenvalue weighted by atomic mass is 10.2. The van der Waals surface area contributed by atoms with Crippen molar-refractivity contribution in [2.45, 2.75) is 51.5 Å². The zero-order valence-electron chi connectivity index (χ0n) is 15.0. The maximum absolute atomic E-state index is 5.33. The number of hydrogen-bond donors (Lipinski definition) is 2. The second-order valence-corrected chi connectivity index (χ2v) is 6.35. The highest BCUT2D eigenvalue weighted by molar-refractivity contribution is 5.79. The number of hydrogen-bond acceptors (Lipinski definition) is 4. The molecule has 0 spiro atoms. The molecule has 7 nitrogen and oxygen atoms in total. The van der Waals surface area contributed by atoms with E-state index in [2.05, 4.69) is 30.4 Å². The Hall–Kier alpha value is -2.31. The van der Waals surface area contributed by atoms with Crippen molar-refractivity contribution in [3.63, 3.8) is 0 Å². The maximum Gasteiger partial charge on any atom is 0.190 e. The largest absolute Gasteiger partial charge is 0.469 e. The van der Waals surface area contributed by atoms with E-state index in [1.165, 1.54) is 19.3 Å². The van der Waals surface area contributed by atoms with E-state index in [9.17, 15) is 0 Å². The minimum absolute atomic E-state index is 0.797. The smallest absolute Gasteiger partial charge is 0.190 e. The van der Waals surface area contributed by atoms with Crippen molar-refractivity contribution in [1.29, 1.82) is 0 Å². The van der Waals surface area contributed by atoms with Gasteiger partial charge in [-0.3, -0.25) is 4.99 Å². The Labute approximate surface area is 148 Å². The number of furan rings is 1. The van der Waals surface area contributed by atoms with Gasteiger partial charge < -0.3 is 19.6 Å². The fourth-order valence-electron chi connectivity index (χ4n) is 3.16. The normalized spacial score (nSPS) is 14.8. The zero-order valence-corrected chi connectivity index (χ0v) is 15.0. The number of nitrogens with one attached hydrogen (secondary N) is 2. The molecule has 0 amide bonds. The summed E-state index contributed by atoms with van der Waals surface area (Å²) < 4.78 is 7.65. The number of aryl methyl sites for hydroxylation is 2. The van der Waals surface area contributed by atoms with Crippen LogP contribution in [0.4, 0.5) is 0 Å². The quantitative estimate of drug-likeness (QED) is 0.456. The molecule has 0 radical (unpaired) electrons. The molecule has 0 unspecified atom stereocenters. The third kappa shape index (κ3) is 5.08. The molecule has 25 heavy (non-hydrogen) atoms. The van der Waals surface area contributed by atoms with Crippen LogP contribution in [0.2, 0.25) is 0 Å². The number of fused-ring (bicyclic) bond motifs is 1. The van der Waals surface area contributed by atoms with Crippen LogP contribution >= 0.6 is 0 Å². The summed E-state index contributed by atoms with van der Waals surface area (Å²) in [6, 6.07) is 3.90. The van der Waals surface area contributed by atoms with Crippen LogP contribution in [0.5, 0.6) is 0 Å². The summed E-state index contributed by atoms with van der Waals surface area (Å²) in [5.74, 6) is 4.09. The SMILES string of the molecule is CN=C(NCCCc1nnc2n1CCCCC2)NCCc1ccco1. The topological polar surface area (TPSA) is 80.3 Å². The molecular weight excluding hydrogens is 316 g/mol. The average molecular weight is 344 g/mol. The van der Waals surface area contributed by atoms with Gasteiger partial charge >= 0.3 is 0 Å². The molecule has 3 rings (SSSR count). The lowest BCUT2D eigenvalue weighted by Crippen LogP contribution is -2.38. The third-order valence-corrected chi connectivity index (χ3v) is 4.52. The van der Waals surface area contributed by atoms with E-state index < -0.39 is 0 Å². The van der Waals surface area contributed by atoms with E-state index in [1.54, 1.807) is 13.3 Å². The van der Waals surface area contributed by atoms with Gasteiger partial charge in [0.25, 0.3) is 0 Å². The summed E-state index contributed by atoms with van der Waals surface area (Å²) in [6.07, 6.45) is 9.34. The van der Waals surface area contributed by atoms with Crippen LogP contribution in [-0.2, 0) is 25.8 Å². The van der Waals surface area contributed by atoms with Gasteiger partial charge in [-0.25, -0.2) is 0 Å². The van der Waals surface area contributed by atoms with Crippen molar-refractivity contribution in [1.82, 2.24) is 25.4 Å². The van der Waals surface area contributed by atoms with E-state index in [4.69, 9.17) is 4.42 Å². The van der Waals surface area contributed by atoms with E-state index in [0.717, 1.165) is 68.7 Å². The Morgan fingerprint density at radius 3 is 2.96 bits per heavy atom. The first-order valence-electron chi connectivity index (χ1n) is 9.24. The summed E-state index contributed by atoms with van der Waals surface area (Å²) in [4.78, 5) is 4.25. The molecule has 3 heterocycles. The summed E-state index contributed by atoms with van der Waals surface area (Å²) >= 11 is 0. The molecule has 0 aromatic carbocycles. The van der Waals surface area contributed by atoms with Crippen molar-refractivity contribution >= 4 is 5.96 Å². The van der Waals surface area contributed by atoms with Crippen molar-refractivity contribution in [2.75, 3.05) is 20.1 Å². The second-order valence-electron chi connectivity index (χ2n) is 6.35. The number of aromatic nitrogens is 3. The highest BCUT2D eigenvalue weighted by atomic mass is 16.3. The average Bonchev–Trinajstić information content (AvgIpc) is 3.22. The van der Waals surface area contributed by atoms with Crippen LogP contribution in [-0.4, -0.2) is 40.9 Å². The Kier molecular flexibility index (Phi) is 6.48. The number of guanidine groups is 1. The van der Waals surface area contributed by atoms with Crippen LogP contribution in [0.1, 0.15) is 43.1 Å². The first kappa shape index (κ1) is 17.5. The molecule has 2 N–H and O–H groups in total. The molecule has 1 aliphatic rings. The van der Waals surface area contributed by atoms with Gasteiger partial charge in [-0.2, -0.15) is 0 Å².